The van der Waals surface area contributed by atoms with Crippen molar-refractivity contribution >= 4 is 5.71 Å². The molecule has 2 rings (SSSR count). The summed E-state index contributed by atoms with van der Waals surface area (Å²) in [4.78, 5) is 5.22. The van der Waals surface area contributed by atoms with Crippen LogP contribution in [0.1, 0.15) is 13.8 Å². The van der Waals surface area contributed by atoms with E-state index in [9.17, 15) is 0 Å². The Bertz CT molecular complexity index is 265. The van der Waals surface area contributed by atoms with Crippen LogP contribution in [0.4, 0.5) is 0 Å². The van der Waals surface area contributed by atoms with Crippen LogP contribution < -0.4 is 0 Å². The van der Waals surface area contributed by atoms with Crippen molar-refractivity contribution in [3.05, 3.63) is 24.3 Å². The quantitative estimate of drug-likeness (QED) is 0.515. The molecule has 11 heavy (non-hydrogen) atoms. The van der Waals surface area contributed by atoms with Crippen LogP contribution in [-0.4, -0.2) is 11.8 Å². The van der Waals surface area contributed by atoms with Gasteiger partial charge in [0.25, 0.3) is 0 Å². The maximum absolute atomic E-state index is 5.22. The van der Waals surface area contributed by atoms with Crippen molar-refractivity contribution in [1.29, 1.82) is 0 Å². The average molecular weight is 149 g/mol. The topological polar surface area (TPSA) is 21.6 Å². The van der Waals surface area contributed by atoms with E-state index in [4.69, 9.17) is 4.84 Å². The van der Waals surface area contributed by atoms with Gasteiger partial charge in [-0.3, -0.25) is 0 Å². The van der Waals surface area contributed by atoms with Gasteiger partial charge in [-0.15, -0.1) is 0 Å². The van der Waals surface area contributed by atoms with E-state index in [2.05, 4.69) is 18.2 Å². The molecule has 1 heterocycles. The van der Waals surface area contributed by atoms with Crippen LogP contribution in [0.3, 0.4) is 0 Å². The maximum atomic E-state index is 5.22. The molecule has 0 aromatic heterocycles. The first kappa shape index (κ1) is 6.65. The molecule has 0 N–H and O–H groups in total. The summed E-state index contributed by atoms with van der Waals surface area (Å²) in [6.07, 6.45) is 8.35. The van der Waals surface area contributed by atoms with Crippen molar-refractivity contribution in [1.82, 2.24) is 0 Å². The van der Waals surface area contributed by atoms with Crippen molar-refractivity contribution in [3.63, 3.8) is 0 Å². The lowest BCUT2D eigenvalue weighted by Gasteiger charge is -2.25. The van der Waals surface area contributed by atoms with Crippen LogP contribution in [-0.2, 0) is 4.84 Å². The van der Waals surface area contributed by atoms with Crippen LogP contribution in [0, 0.1) is 5.41 Å². The Labute approximate surface area is 66.2 Å². The highest BCUT2D eigenvalue weighted by Gasteiger charge is 2.41. The van der Waals surface area contributed by atoms with Crippen molar-refractivity contribution in [2.45, 2.75) is 20.0 Å². The van der Waals surface area contributed by atoms with Crippen LogP contribution >= 0.6 is 0 Å². The first-order chi connectivity index (χ1) is 5.23. The maximum Gasteiger partial charge on any atom is 0.160 e. The lowest BCUT2D eigenvalue weighted by molar-refractivity contribution is 0.0805. The molecule has 58 valence electrons. The highest BCUT2D eigenvalue weighted by Crippen LogP contribution is 2.36. The molecule has 0 aromatic carbocycles. The predicted molar refractivity (Wildman–Crippen MR) is 44.4 cm³/mol. The van der Waals surface area contributed by atoms with Gasteiger partial charge in [-0.25, -0.2) is 0 Å². The normalized spacial score (nSPS) is 39.8. The molecule has 0 fully saturated rings. The van der Waals surface area contributed by atoms with Gasteiger partial charge in [-0.2, -0.15) is 0 Å². The molecule has 0 saturated carbocycles. The Morgan fingerprint density at radius 2 is 2.36 bits per heavy atom. The molecule has 0 radical (unpaired) electrons. The number of oxime groups is 1. The summed E-state index contributed by atoms with van der Waals surface area (Å²) in [7, 11) is 0. The third kappa shape index (κ3) is 0.754. The van der Waals surface area contributed by atoms with E-state index in [1.165, 1.54) is 0 Å². The standard InChI is InChI=1S/C9H11NO/c1-7-9(2)6-4-3-5-8(9)11-10-7/h3-6,8H,1-2H3. The number of hydrogen-bond donors (Lipinski definition) is 0. The second kappa shape index (κ2) is 1.97. The van der Waals surface area contributed by atoms with E-state index in [1.807, 2.05) is 25.2 Å². The van der Waals surface area contributed by atoms with Crippen molar-refractivity contribution < 1.29 is 4.84 Å². The average Bonchev–Trinajstić information content (AvgIpc) is 2.29. The fraction of sp³-hybridized carbons (Fsp3) is 0.444. The minimum atomic E-state index is 0.00868. The number of rotatable bonds is 0. The molecule has 2 nitrogen and oxygen atoms in total. The molecule has 0 aromatic rings. The fourth-order valence-corrected chi connectivity index (χ4v) is 1.42. The molecular weight excluding hydrogens is 138 g/mol. The Morgan fingerprint density at radius 3 is 3.09 bits per heavy atom. The number of fused-ring (bicyclic) bond motifs is 1. The predicted octanol–water partition coefficient (Wildman–Crippen LogP) is 1.89. The summed E-state index contributed by atoms with van der Waals surface area (Å²) in [5.74, 6) is 0. The third-order valence-electron chi connectivity index (χ3n) is 2.51. The van der Waals surface area contributed by atoms with E-state index in [0.717, 1.165) is 5.71 Å². The minimum Gasteiger partial charge on any atom is -0.387 e. The Balaban J connectivity index is 2.41. The van der Waals surface area contributed by atoms with Gasteiger partial charge in [-0.05, 0) is 19.9 Å². The highest BCUT2D eigenvalue weighted by atomic mass is 16.6. The summed E-state index contributed by atoms with van der Waals surface area (Å²) in [5.41, 5.74) is 1.07. The molecule has 1 aliphatic heterocycles. The molecule has 1 aliphatic carbocycles. The number of nitrogens with zero attached hydrogens (tertiary/aromatic N) is 1. The van der Waals surface area contributed by atoms with Crippen LogP contribution in [0.25, 0.3) is 0 Å². The molecule has 2 aliphatic rings. The lowest BCUT2D eigenvalue weighted by atomic mass is 9.78. The summed E-state index contributed by atoms with van der Waals surface area (Å²) < 4.78 is 0. The molecular formula is C9H11NO. The van der Waals surface area contributed by atoms with E-state index >= 15 is 0 Å². The van der Waals surface area contributed by atoms with Crippen molar-refractivity contribution in [3.8, 4) is 0 Å². The molecule has 2 heteroatoms. The number of hydrogen-bond acceptors (Lipinski definition) is 2. The summed E-state index contributed by atoms with van der Waals surface area (Å²) in [6.45, 7) is 4.15. The third-order valence-corrected chi connectivity index (χ3v) is 2.51. The van der Waals surface area contributed by atoms with E-state index in [1.54, 1.807) is 0 Å². The fourth-order valence-electron chi connectivity index (χ4n) is 1.42. The lowest BCUT2D eigenvalue weighted by Crippen LogP contribution is -2.32. The second-order valence-electron chi connectivity index (χ2n) is 3.23. The van der Waals surface area contributed by atoms with Gasteiger partial charge < -0.3 is 4.84 Å². The van der Waals surface area contributed by atoms with Crippen molar-refractivity contribution in [2.24, 2.45) is 10.6 Å². The zero-order valence-corrected chi connectivity index (χ0v) is 6.74. The molecule has 2 atom stereocenters. The summed E-state index contributed by atoms with van der Waals surface area (Å²) in [6, 6.07) is 0. The first-order valence-electron chi connectivity index (χ1n) is 3.80. The van der Waals surface area contributed by atoms with Crippen LogP contribution in [0.15, 0.2) is 29.5 Å². The Kier molecular flexibility index (Phi) is 1.19. The smallest absolute Gasteiger partial charge is 0.160 e. The summed E-state index contributed by atoms with van der Waals surface area (Å²) in [5, 5.41) is 3.97. The van der Waals surface area contributed by atoms with Gasteiger partial charge in [0, 0.05) is 0 Å². The summed E-state index contributed by atoms with van der Waals surface area (Å²) >= 11 is 0. The largest absolute Gasteiger partial charge is 0.387 e. The van der Waals surface area contributed by atoms with E-state index < -0.39 is 0 Å². The van der Waals surface area contributed by atoms with E-state index in [-0.39, 0.29) is 11.5 Å². The monoisotopic (exact) mass is 149 g/mol. The van der Waals surface area contributed by atoms with E-state index in [0.29, 0.717) is 0 Å². The van der Waals surface area contributed by atoms with Gasteiger partial charge >= 0.3 is 0 Å². The van der Waals surface area contributed by atoms with Gasteiger partial charge in [-0.1, -0.05) is 23.4 Å². The van der Waals surface area contributed by atoms with Gasteiger partial charge in [0.15, 0.2) is 6.10 Å². The highest BCUT2D eigenvalue weighted by molar-refractivity contribution is 5.91. The number of allylic oxidation sites excluding steroid dienone is 2. The zero-order chi connectivity index (χ0) is 7.90. The second-order valence-corrected chi connectivity index (χ2v) is 3.23. The van der Waals surface area contributed by atoms with Gasteiger partial charge in [0.2, 0.25) is 0 Å². The Morgan fingerprint density at radius 1 is 1.55 bits per heavy atom. The molecule has 0 saturated heterocycles. The van der Waals surface area contributed by atoms with Gasteiger partial charge in [0.05, 0.1) is 11.1 Å². The molecule has 2 unspecified atom stereocenters. The van der Waals surface area contributed by atoms with Crippen molar-refractivity contribution in [2.75, 3.05) is 0 Å². The van der Waals surface area contributed by atoms with Crippen LogP contribution in [0.5, 0.6) is 0 Å². The minimum absolute atomic E-state index is 0.00868. The molecule has 0 amide bonds. The van der Waals surface area contributed by atoms with Gasteiger partial charge in [0.1, 0.15) is 0 Å². The SMILES string of the molecule is CC1=NOC2C=CC=CC12C. The molecule has 0 bridgehead atoms. The Hall–Kier alpha value is -1.05. The van der Waals surface area contributed by atoms with Crippen LogP contribution in [0.2, 0.25) is 0 Å². The molecule has 0 spiro atoms. The zero-order valence-electron chi connectivity index (χ0n) is 6.74. The first-order valence-corrected chi connectivity index (χ1v) is 3.80.